The first-order chi connectivity index (χ1) is 9.20. The molecule has 0 atom stereocenters. The van der Waals surface area contributed by atoms with Crippen molar-refractivity contribution in [1.82, 2.24) is 24.2 Å². The van der Waals surface area contributed by atoms with Crippen LogP contribution in [0.3, 0.4) is 0 Å². The standard InChI is InChI=1S/C10H6ClN5O2S/c1-18-10(17)5-2-6(11)8-13-14-9(16(8)4-5)7-3-12-15-19-7/h2-4H,1H3. The summed E-state index contributed by atoms with van der Waals surface area (Å²) in [6.45, 7) is 0. The van der Waals surface area contributed by atoms with Gasteiger partial charge in [0.1, 0.15) is 4.88 Å². The van der Waals surface area contributed by atoms with Crippen LogP contribution in [0.25, 0.3) is 16.3 Å². The molecule has 0 bridgehead atoms. The lowest BCUT2D eigenvalue weighted by molar-refractivity contribution is 0.0600. The van der Waals surface area contributed by atoms with Crippen LogP contribution < -0.4 is 0 Å². The number of halogens is 1. The molecule has 9 heteroatoms. The molecule has 0 fully saturated rings. The molecule has 0 aliphatic carbocycles. The van der Waals surface area contributed by atoms with Crippen molar-refractivity contribution in [2.24, 2.45) is 0 Å². The van der Waals surface area contributed by atoms with Gasteiger partial charge < -0.3 is 4.74 Å². The fraction of sp³-hybridized carbons (Fsp3) is 0.100. The molecule has 0 aromatic carbocycles. The number of aromatic nitrogens is 5. The first-order valence-electron chi connectivity index (χ1n) is 5.11. The summed E-state index contributed by atoms with van der Waals surface area (Å²) in [5.74, 6) is 0.0449. The molecule has 96 valence electrons. The number of ether oxygens (including phenoxy) is 1. The van der Waals surface area contributed by atoms with Crippen molar-refractivity contribution in [2.75, 3.05) is 7.11 Å². The highest BCUT2D eigenvalue weighted by Gasteiger charge is 2.16. The first-order valence-corrected chi connectivity index (χ1v) is 6.26. The fourth-order valence-electron chi connectivity index (χ4n) is 1.62. The van der Waals surface area contributed by atoms with Gasteiger partial charge in [0.25, 0.3) is 0 Å². The predicted molar refractivity (Wildman–Crippen MR) is 68.2 cm³/mol. The highest BCUT2D eigenvalue weighted by atomic mass is 35.5. The minimum Gasteiger partial charge on any atom is -0.465 e. The molecule has 3 rings (SSSR count). The van der Waals surface area contributed by atoms with Gasteiger partial charge in [-0.05, 0) is 17.6 Å². The molecule has 0 radical (unpaired) electrons. The van der Waals surface area contributed by atoms with E-state index in [1.165, 1.54) is 24.7 Å². The van der Waals surface area contributed by atoms with E-state index in [-0.39, 0.29) is 0 Å². The molecule has 0 aliphatic rings. The summed E-state index contributed by atoms with van der Waals surface area (Å²) in [5.41, 5.74) is 0.774. The van der Waals surface area contributed by atoms with E-state index in [4.69, 9.17) is 11.6 Å². The quantitative estimate of drug-likeness (QED) is 0.669. The van der Waals surface area contributed by atoms with Gasteiger partial charge in [0, 0.05) is 6.20 Å². The number of fused-ring (bicyclic) bond motifs is 1. The van der Waals surface area contributed by atoms with Gasteiger partial charge in [-0.2, -0.15) is 0 Å². The zero-order chi connectivity index (χ0) is 13.4. The SMILES string of the molecule is COC(=O)c1cc(Cl)c2nnc(-c3cnns3)n2c1. The Morgan fingerprint density at radius 1 is 1.47 bits per heavy atom. The summed E-state index contributed by atoms with van der Waals surface area (Å²) in [6.07, 6.45) is 3.14. The van der Waals surface area contributed by atoms with E-state index in [0.29, 0.717) is 22.1 Å². The smallest absolute Gasteiger partial charge is 0.339 e. The second-order valence-electron chi connectivity index (χ2n) is 3.57. The molecule has 0 N–H and O–H groups in total. The third-order valence-corrected chi connectivity index (χ3v) is 3.40. The monoisotopic (exact) mass is 295 g/mol. The summed E-state index contributed by atoms with van der Waals surface area (Å²) in [6, 6.07) is 1.49. The van der Waals surface area contributed by atoms with Crippen molar-refractivity contribution >= 4 is 34.7 Å². The maximum absolute atomic E-state index is 11.6. The van der Waals surface area contributed by atoms with Crippen molar-refractivity contribution in [3.05, 3.63) is 29.0 Å². The number of carbonyl (C=O) groups is 1. The van der Waals surface area contributed by atoms with Crippen LogP contribution in [0, 0.1) is 0 Å². The molecule has 3 heterocycles. The van der Waals surface area contributed by atoms with Crippen molar-refractivity contribution < 1.29 is 9.53 Å². The predicted octanol–water partition coefficient (Wildman–Crippen LogP) is 1.69. The summed E-state index contributed by atoms with van der Waals surface area (Å²) in [4.78, 5) is 12.3. The zero-order valence-electron chi connectivity index (χ0n) is 9.57. The second kappa shape index (κ2) is 4.56. The Balaban J connectivity index is 2.26. The minimum atomic E-state index is -0.481. The van der Waals surface area contributed by atoms with Crippen LogP contribution in [0.2, 0.25) is 5.02 Å². The maximum atomic E-state index is 11.6. The lowest BCUT2D eigenvalue weighted by atomic mass is 10.3. The Bertz CT molecular complexity index is 755. The van der Waals surface area contributed by atoms with Crippen LogP contribution in [0.5, 0.6) is 0 Å². The summed E-state index contributed by atoms with van der Waals surface area (Å²) >= 11 is 7.26. The Labute approximate surface area is 116 Å². The Morgan fingerprint density at radius 3 is 3.00 bits per heavy atom. The van der Waals surface area contributed by atoms with Gasteiger partial charge >= 0.3 is 5.97 Å². The van der Waals surface area contributed by atoms with Crippen molar-refractivity contribution in [3.63, 3.8) is 0 Å². The third-order valence-electron chi connectivity index (χ3n) is 2.46. The lowest BCUT2D eigenvalue weighted by Gasteiger charge is -2.03. The maximum Gasteiger partial charge on any atom is 0.339 e. The molecular weight excluding hydrogens is 290 g/mol. The molecule has 0 saturated carbocycles. The molecule has 19 heavy (non-hydrogen) atoms. The summed E-state index contributed by atoms with van der Waals surface area (Å²) < 4.78 is 10.1. The summed E-state index contributed by atoms with van der Waals surface area (Å²) in [7, 11) is 1.31. The van der Waals surface area contributed by atoms with E-state index < -0.39 is 5.97 Å². The molecule has 0 spiro atoms. The van der Waals surface area contributed by atoms with Crippen molar-refractivity contribution in [3.8, 4) is 10.7 Å². The number of nitrogens with zero attached hydrogens (tertiary/aromatic N) is 5. The minimum absolute atomic E-state index is 0.318. The molecule has 0 aliphatic heterocycles. The third kappa shape index (κ3) is 1.94. The topological polar surface area (TPSA) is 82.3 Å². The number of esters is 1. The number of methoxy groups -OCH3 is 1. The van der Waals surface area contributed by atoms with Crippen LogP contribution >= 0.6 is 23.1 Å². The van der Waals surface area contributed by atoms with Gasteiger partial charge in [-0.3, -0.25) is 4.40 Å². The Hall–Kier alpha value is -2.06. The first kappa shape index (κ1) is 12.0. The lowest BCUT2D eigenvalue weighted by Crippen LogP contribution is -2.03. The van der Waals surface area contributed by atoms with Gasteiger partial charge in [0.15, 0.2) is 11.5 Å². The molecule has 7 nitrogen and oxygen atoms in total. The highest BCUT2D eigenvalue weighted by Crippen LogP contribution is 2.25. The Morgan fingerprint density at radius 2 is 2.32 bits per heavy atom. The Kier molecular flexibility index (Phi) is 2.88. The van der Waals surface area contributed by atoms with Crippen LogP contribution in [-0.4, -0.2) is 37.3 Å². The van der Waals surface area contributed by atoms with Gasteiger partial charge in [0.2, 0.25) is 0 Å². The van der Waals surface area contributed by atoms with E-state index in [9.17, 15) is 4.79 Å². The fourth-order valence-corrected chi connectivity index (χ4v) is 2.36. The number of rotatable bonds is 2. The molecule has 3 aromatic rings. The van der Waals surface area contributed by atoms with Crippen LogP contribution in [0.1, 0.15) is 10.4 Å². The van der Waals surface area contributed by atoms with Crippen LogP contribution in [0.4, 0.5) is 0 Å². The molecule has 3 aromatic heterocycles. The molecule has 0 saturated heterocycles. The highest BCUT2D eigenvalue weighted by molar-refractivity contribution is 7.09. The molecule has 0 amide bonds. The van der Waals surface area contributed by atoms with Crippen molar-refractivity contribution in [2.45, 2.75) is 0 Å². The average Bonchev–Trinajstić information content (AvgIpc) is 3.05. The van der Waals surface area contributed by atoms with E-state index in [2.05, 4.69) is 24.5 Å². The van der Waals surface area contributed by atoms with E-state index in [0.717, 1.165) is 4.88 Å². The summed E-state index contributed by atoms with van der Waals surface area (Å²) in [5, 5.41) is 12.1. The van der Waals surface area contributed by atoms with E-state index >= 15 is 0 Å². The number of hydrogen-bond acceptors (Lipinski definition) is 7. The normalized spacial score (nSPS) is 10.8. The average molecular weight is 296 g/mol. The largest absolute Gasteiger partial charge is 0.465 e. The van der Waals surface area contributed by atoms with E-state index in [1.807, 2.05) is 0 Å². The number of hydrogen-bond donors (Lipinski definition) is 0. The van der Waals surface area contributed by atoms with Gasteiger partial charge in [-0.15, -0.1) is 15.3 Å². The zero-order valence-corrected chi connectivity index (χ0v) is 11.1. The van der Waals surface area contributed by atoms with Gasteiger partial charge in [0.05, 0.1) is 23.9 Å². The van der Waals surface area contributed by atoms with Crippen LogP contribution in [-0.2, 0) is 4.74 Å². The second-order valence-corrected chi connectivity index (χ2v) is 4.76. The molecular formula is C10H6ClN5O2S. The number of carbonyl (C=O) groups excluding carboxylic acids is 1. The van der Waals surface area contributed by atoms with Gasteiger partial charge in [-0.25, -0.2) is 4.79 Å². The van der Waals surface area contributed by atoms with Crippen LogP contribution in [0.15, 0.2) is 18.5 Å². The van der Waals surface area contributed by atoms with Gasteiger partial charge in [-0.1, -0.05) is 16.1 Å². The molecule has 0 unspecified atom stereocenters. The van der Waals surface area contributed by atoms with Crippen molar-refractivity contribution in [1.29, 1.82) is 0 Å². The number of pyridine rings is 1. The van der Waals surface area contributed by atoms with E-state index in [1.54, 1.807) is 16.8 Å².